The molecule has 2 atom stereocenters. The van der Waals surface area contributed by atoms with Crippen molar-refractivity contribution in [3.05, 3.63) is 29.8 Å². The van der Waals surface area contributed by atoms with E-state index in [1.54, 1.807) is 0 Å². The van der Waals surface area contributed by atoms with Crippen molar-refractivity contribution >= 4 is 24.2 Å². The number of carbonyl (C=O) groups is 2. The predicted octanol–water partition coefficient (Wildman–Crippen LogP) is 2.17. The Balaban J connectivity index is 0.00000576. The number of benzene rings is 1. The van der Waals surface area contributed by atoms with Crippen LogP contribution in [0.1, 0.15) is 45.7 Å². The van der Waals surface area contributed by atoms with Crippen LogP contribution in [0.4, 0.5) is 0 Å². The minimum absolute atomic E-state index is 0. The summed E-state index contributed by atoms with van der Waals surface area (Å²) in [4.78, 5) is 23.7. The molecule has 0 fully saturated rings. The number of halogens is 1. The molecule has 6 nitrogen and oxygen atoms in total. The quantitative estimate of drug-likeness (QED) is 0.620. The highest BCUT2D eigenvalue weighted by molar-refractivity contribution is 5.87. The Labute approximate surface area is 156 Å². The lowest BCUT2D eigenvalue weighted by atomic mass is 10.1. The average molecular weight is 372 g/mol. The summed E-state index contributed by atoms with van der Waals surface area (Å²) in [6.07, 6.45) is 0.959. The Morgan fingerprint density at radius 1 is 1.16 bits per heavy atom. The Morgan fingerprint density at radius 2 is 1.76 bits per heavy atom. The number of nitrogens with two attached hydrogens (primary N) is 1. The maximum Gasteiger partial charge on any atom is 0.239 e. The van der Waals surface area contributed by atoms with E-state index >= 15 is 0 Å². The van der Waals surface area contributed by atoms with E-state index in [9.17, 15) is 9.59 Å². The largest absolute Gasteiger partial charge is 0.494 e. The average Bonchev–Trinajstić information content (AvgIpc) is 2.57. The standard InChI is InChI=1S/C18H29N3O3.ClH/c1-5-10-24-15-8-6-14(7-9-15)13(4)21-16(22)11-20-18(23)17(19)12(2)3;/h6-9,12-13,17H,5,10-11,19H2,1-4H3,(H,20,23)(H,21,22);1H/t13?,17-;/m0./s1. The molecule has 1 aromatic rings. The van der Waals surface area contributed by atoms with Gasteiger partial charge in [-0.2, -0.15) is 0 Å². The highest BCUT2D eigenvalue weighted by Gasteiger charge is 2.18. The van der Waals surface area contributed by atoms with E-state index in [-0.39, 0.29) is 42.7 Å². The molecular weight excluding hydrogens is 342 g/mol. The summed E-state index contributed by atoms with van der Waals surface area (Å²) in [5.41, 5.74) is 6.70. The van der Waals surface area contributed by atoms with E-state index in [2.05, 4.69) is 17.6 Å². The van der Waals surface area contributed by atoms with Crippen LogP contribution >= 0.6 is 12.4 Å². The van der Waals surface area contributed by atoms with Gasteiger partial charge in [0.2, 0.25) is 11.8 Å². The van der Waals surface area contributed by atoms with Crippen LogP contribution in [-0.4, -0.2) is 31.0 Å². The Morgan fingerprint density at radius 3 is 2.28 bits per heavy atom. The van der Waals surface area contributed by atoms with Gasteiger partial charge in [0, 0.05) is 0 Å². The Hall–Kier alpha value is -1.79. The van der Waals surface area contributed by atoms with Crippen molar-refractivity contribution in [3.63, 3.8) is 0 Å². The Bertz CT molecular complexity index is 535. The summed E-state index contributed by atoms with van der Waals surface area (Å²) in [6.45, 7) is 8.27. The van der Waals surface area contributed by atoms with Crippen LogP contribution in [0.3, 0.4) is 0 Å². The molecule has 1 unspecified atom stereocenters. The molecule has 0 aliphatic carbocycles. The first kappa shape index (κ1) is 23.2. The van der Waals surface area contributed by atoms with Gasteiger partial charge in [-0.15, -0.1) is 12.4 Å². The lowest BCUT2D eigenvalue weighted by molar-refractivity contribution is -0.127. The van der Waals surface area contributed by atoms with Crippen molar-refractivity contribution < 1.29 is 14.3 Å². The zero-order valence-corrected chi connectivity index (χ0v) is 16.2. The second kappa shape index (κ2) is 11.7. The molecule has 0 aliphatic heterocycles. The lowest BCUT2D eigenvalue weighted by Crippen LogP contribution is -2.47. The smallest absolute Gasteiger partial charge is 0.239 e. The Kier molecular flexibility index (Phi) is 10.9. The normalized spacial score (nSPS) is 12.7. The molecule has 1 rings (SSSR count). The van der Waals surface area contributed by atoms with Gasteiger partial charge in [0.05, 0.1) is 25.2 Å². The van der Waals surface area contributed by atoms with E-state index in [4.69, 9.17) is 10.5 Å². The van der Waals surface area contributed by atoms with Gasteiger partial charge in [0.15, 0.2) is 0 Å². The number of carbonyl (C=O) groups excluding carboxylic acids is 2. The van der Waals surface area contributed by atoms with Crippen molar-refractivity contribution in [2.45, 2.75) is 46.2 Å². The second-order valence-electron chi connectivity index (χ2n) is 6.19. The molecule has 142 valence electrons. The van der Waals surface area contributed by atoms with Crippen LogP contribution in [0.25, 0.3) is 0 Å². The van der Waals surface area contributed by atoms with Crippen LogP contribution in [0.5, 0.6) is 5.75 Å². The molecular formula is C18H30ClN3O3. The third kappa shape index (κ3) is 8.23. The van der Waals surface area contributed by atoms with Crippen molar-refractivity contribution in [2.24, 2.45) is 11.7 Å². The number of amides is 2. The topological polar surface area (TPSA) is 93.5 Å². The van der Waals surface area contributed by atoms with E-state index in [1.807, 2.05) is 45.0 Å². The van der Waals surface area contributed by atoms with Gasteiger partial charge in [-0.25, -0.2) is 0 Å². The number of rotatable bonds is 9. The highest BCUT2D eigenvalue weighted by atomic mass is 35.5. The summed E-state index contributed by atoms with van der Waals surface area (Å²) in [6, 6.07) is 6.85. The van der Waals surface area contributed by atoms with Crippen LogP contribution < -0.4 is 21.1 Å². The zero-order chi connectivity index (χ0) is 18.1. The molecule has 0 aliphatic rings. The molecule has 0 bridgehead atoms. The zero-order valence-electron chi connectivity index (χ0n) is 15.4. The fourth-order valence-electron chi connectivity index (χ4n) is 2.04. The molecule has 0 aromatic heterocycles. The van der Waals surface area contributed by atoms with Gasteiger partial charge in [-0.3, -0.25) is 9.59 Å². The van der Waals surface area contributed by atoms with Gasteiger partial charge in [-0.05, 0) is 37.0 Å². The van der Waals surface area contributed by atoms with Crippen LogP contribution in [0.15, 0.2) is 24.3 Å². The van der Waals surface area contributed by atoms with Crippen LogP contribution in [0.2, 0.25) is 0 Å². The van der Waals surface area contributed by atoms with Crippen molar-refractivity contribution in [3.8, 4) is 5.75 Å². The van der Waals surface area contributed by atoms with Gasteiger partial charge in [0.1, 0.15) is 5.75 Å². The summed E-state index contributed by atoms with van der Waals surface area (Å²) < 4.78 is 5.53. The van der Waals surface area contributed by atoms with Gasteiger partial charge < -0.3 is 21.1 Å². The number of ether oxygens (including phenoxy) is 1. The molecule has 2 amide bonds. The lowest BCUT2D eigenvalue weighted by Gasteiger charge is -2.17. The first-order chi connectivity index (χ1) is 11.3. The van der Waals surface area contributed by atoms with Gasteiger partial charge in [-0.1, -0.05) is 32.9 Å². The minimum atomic E-state index is -0.606. The molecule has 0 spiro atoms. The second-order valence-corrected chi connectivity index (χ2v) is 6.19. The third-order valence-corrected chi connectivity index (χ3v) is 3.67. The molecule has 0 saturated carbocycles. The van der Waals surface area contributed by atoms with E-state index in [0.717, 1.165) is 17.7 Å². The first-order valence-corrected chi connectivity index (χ1v) is 8.40. The number of hydrogen-bond donors (Lipinski definition) is 3. The number of hydrogen-bond acceptors (Lipinski definition) is 4. The monoisotopic (exact) mass is 371 g/mol. The first-order valence-electron chi connectivity index (χ1n) is 8.40. The minimum Gasteiger partial charge on any atom is -0.494 e. The van der Waals surface area contributed by atoms with Gasteiger partial charge >= 0.3 is 0 Å². The van der Waals surface area contributed by atoms with E-state index in [0.29, 0.717) is 6.61 Å². The SMILES string of the molecule is CCCOc1ccc(C(C)NC(=O)CNC(=O)[C@@H](N)C(C)C)cc1.Cl. The molecule has 7 heteroatoms. The summed E-state index contributed by atoms with van der Waals surface area (Å²) in [5, 5.41) is 5.40. The fraction of sp³-hybridized carbons (Fsp3) is 0.556. The summed E-state index contributed by atoms with van der Waals surface area (Å²) in [5.74, 6) is 0.276. The molecule has 1 aromatic carbocycles. The van der Waals surface area contributed by atoms with E-state index in [1.165, 1.54) is 0 Å². The highest BCUT2D eigenvalue weighted by Crippen LogP contribution is 2.17. The molecule has 0 heterocycles. The van der Waals surface area contributed by atoms with Crippen molar-refractivity contribution in [2.75, 3.05) is 13.2 Å². The van der Waals surface area contributed by atoms with Crippen molar-refractivity contribution in [1.82, 2.24) is 10.6 Å². The maximum atomic E-state index is 11.9. The van der Waals surface area contributed by atoms with E-state index < -0.39 is 6.04 Å². The summed E-state index contributed by atoms with van der Waals surface area (Å²) >= 11 is 0. The molecule has 4 N–H and O–H groups in total. The van der Waals surface area contributed by atoms with Crippen molar-refractivity contribution in [1.29, 1.82) is 0 Å². The molecule has 0 saturated heterocycles. The summed E-state index contributed by atoms with van der Waals surface area (Å²) in [7, 11) is 0. The molecule has 25 heavy (non-hydrogen) atoms. The van der Waals surface area contributed by atoms with Gasteiger partial charge in [0.25, 0.3) is 0 Å². The van der Waals surface area contributed by atoms with Crippen LogP contribution in [0, 0.1) is 5.92 Å². The third-order valence-electron chi connectivity index (χ3n) is 3.67. The number of nitrogens with one attached hydrogen (secondary N) is 2. The van der Waals surface area contributed by atoms with Crippen LogP contribution in [-0.2, 0) is 9.59 Å². The molecule has 0 radical (unpaired) electrons. The maximum absolute atomic E-state index is 11.9. The predicted molar refractivity (Wildman–Crippen MR) is 102 cm³/mol. The fourth-order valence-corrected chi connectivity index (χ4v) is 2.04.